The number of sulfone groups is 1. The van der Waals surface area contributed by atoms with Crippen molar-refractivity contribution in [3.63, 3.8) is 0 Å². The molecule has 1 amide bonds. The lowest BCUT2D eigenvalue weighted by Crippen LogP contribution is -2.54. The summed E-state index contributed by atoms with van der Waals surface area (Å²) >= 11 is 0. The Labute approximate surface area is 206 Å². The van der Waals surface area contributed by atoms with Crippen LogP contribution in [0.2, 0.25) is 0 Å². The number of benzene rings is 2. The molecule has 3 rings (SSSR count). The number of hydrogen-bond acceptors (Lipinski definition) is 8. The van der Waals surface area contributed by atoms with Gasteiger partial charge in [0.2, 0.25) is 0 Å². The van der Waals surface area contributed by atoms with Gasteiger partial charge in [-0.25, -0.2) is 13.9 Å². The van der Waals surface area contributed by atoms with Crippen LogP contribution in [0.15, 0.2) is 53.4 Å². The topological polar surface area (TPSA) is 120 Å². The van der Waals surface area contributed by atoms with Gasteiger partial charge in [-0.1, -0.05) is 12.1 Å². The summed E-state index contributed by atoms with van der Waals surface area (Å²) in [6, 6.07) is 13.8. The van der Waals surface area contributed by atoms with Gasteiger partial charge in [-0.05, 0) is 74.1 Å². The zero-order valence-electron chi connectivity index (χ0n) is 20.1. The van der Waals surface area contributed by atoms with Crippen molar-refractivity contribution < 1.29 is 37.4 Å². The smallest absolute Gasteiger partial charge is 0.265 e. The minimum atomic E-state index is -4.05. The molecule has 0 radical (unpaired) electrons. The van der Waals surface area contributed by atoms with E-state index in [2.05, 4.69) is 0 Å². The largest absolute Gasteiger partial charge is 0.497 e. The molecule has 1 saturated heterocycles. The minimum Gasteiger partial charge on any atom is -0.497 e. The highest BCUT2D eigenvalue weighted by molar-refractivity contribution is 7.93. The van der Waals surface area contributed by atoms with Gasteiger partial charge < -0.3 is 18.9 Å². The quantitative estimate of drug-likeness (QED) is 0.255. The fraction of sp³-hybridized carbons (Fsp3) is 0.480. The molecular formula is C25H33NO8S. The van der Waals surface area contributed by atoms with Crippen molar-refractivity contribution in [2.45, 2.75) is 47.9 Å². The zero-order valence-corrected chi connectivity index (χ0v) is 20.9. The fourth-order valence-electron chi connectivity index (χ4n) is 4.22. The summed E-state index contributed by atoms with van der Waals surface area (Å²) in [5.74, 6) is 0.399. The van der Waals surface area contributed by atoms with E-state index in [0.717, 1.165) is 30.6 Å². The molecule has 0 aliphatic carbocycles. The first-order valence-corrected chi connectivity index (χ1v) is 13.0. The predicted molar refractivity (Wildman–Crippen MR) is 128 cm³/mol. The molecule has 10 heteroatoms. The van der Waals surface area contributed by atoms with Crippen LogP contribution in [0.25, 0.3) is 0 Å². The third-order valence-corrected chi connectivity index (χ3v) is 8.88. The molecule has 0 saturated carbocycles. The molecule has 9 nitrogen and oxygen atoms in total. The first-order chi connectivity index (χ1) is 16.9. The molecule has 0 bridgehead atoms. The Bertz CT molecular complexity index is 1050. The van der Waals surface area contributed by atoms with Gasteiger partial charge >= 0.3 is 0 Å². The van der Waals surface area contributed by atoms with Gasteiger partial charge in [-0.3, -0.25) is 10.0 Å². The second-order valence-corrected chi connectivity index (χ2v) is 10.6. The Morgan fingerprint density at radius 3 is 2.23 bits per heavy atom. The van der Waals surface area contributed by atoms with Crippen molar-refractivity contribution in [1.82, 2.24) is 5.48 Å². The summed E-state index contributed by atoms with van der Waals surface area (Å²) in [5.41, 5.74) is 2.60. The molecule has 1 fully saturated rings. The number of hydroxylamine groups is 1. The Kier molecular flexibility index (Phi) is 9.50. The fourth-order valence-corrected chi connectivity index (χ4v) is 6.16. The monoisotopic (exact) mass is 507 g/mol. The molecule has 1 unspecified atom stereocenters. The second kappa shape index (κ2) is 12.3. The maximum atomic E-state index is 13.3. The highest BCUT2D eigenvalue weighted by atomic mass is 32.2. The van der Waals surface area contributed by atoms with Crippen LogP contribution in [0.1, 0.15) is 43.8 Å². The summed E-state index contributed by atoms with van der Waals surface area (Å²) in [6.45, 7) is 0.714. The number of carbonyl (C=O) groups excluding carboxylic acids is 1. The molecule has 192 valence electrons. The van der Waals surface area contributed by atoms with Gasteiger partial charge in [-0.2, -0.15) is 0 Å². The van der Waals surface area contributed by atoms with Gasteiger partial charge in [0.25, 0.3) is 5.91 Å². The van der Waals surface area contributed by atoms with E-state index in [-0.39, 0.29) is 37.1 Å². The first kappa shape index (κ1) is 26.9. The Morgan fingerprint density at radius 2 is 1.66 bits per heavy atom. The highest BCUT2D eigenvalue weighted by Crippen LogP contribution is 2.36. The van der Waals surface area contributed by atoms with Crippen molar-refractivity contribution in [3.05, 3.63) is 54.1 Å². The van der Waals surface area contributed by atoms with E-state index in [0.29, 0.717) is 12.4 Å². The number of unbranched alkanes of at least 4 members (excludes halogenated alkanes) is 1. The Morgan fingerprint density at radius 1 is 1.03 bits per heavy atom. The van der Waals surface area contributed by atoms with Crippen molar-refractivity contribution in [2.24, 2.45) is 0 Å². The van der Waals surface area contributed by atoms with Crippen LogP contribution >= 0.6 is 0 Å². The number of methoxy groups -OCH3 is 2. The number of ether oxygens (including phenoxy) is 4. The molecule has 2 aromatic carbocycles. The van der Waals surface area contributed by atoms with E-state index in [4.69, 9.17) is 24.2 Å². The van der Waals surface area contributed by atoms with E-state index in [1.807, 2.05) is 24.3 Å². The standard InChI is InChI=1S/C25H33NO8S/c1-31-20-8-6-19(7-9-20)23(32-2)5-3-4-16-34-21-10-12-22(13-11-21)35(29,30)25(24(27)26-28)14-17-33-18-15-25/h6-13,23,28H,3-5,14-18H2,1-2H3,(H,26,27). The van der Waals surface area contributed by atoms with E-state index in [9.17, 15) is 13.2 Å². The SMILES string of the molecule is COc1ccc(C(CCCCOc2ccc(S(=O)(=O)C3(C(=O)NO)CCOCC3)cc2)OC)cc1. The van der Waals surface area contributed by atoms with Crippen LogP contribution in [0.3, 0.4) is 0 Å². The van der Waals surface area contributed by atoms with Gasteiger partial charge in [0, 0.05) is 20.3 Å². The number of carbonyl (C=O) groups is 1. The van der Waals surface area contributed by atoms with Gasteiger partial charge in [0.05, 0.1) is 24.7 Å². The average molecular weight is 508 g/mol. The zero-order chi connectivity index (χ0) is 25.3. The molecule has 0 aromatic heterocycles. The normalized spacial score (nSPS) is 16.3. The summed E-state index contributed by atoms with van der Waals surface area (Å²) in [5, 5.41) is 9.15. The number of nitrogens with one attached hydrogen (secondary N) is 1. The number of amides is 1. The third-order valence-electron chi connectivity index (χ3n) is 6.37. The maximum absolute atomic E-state index is 13.3. The van der Waals surface area contributed by atoms with Crippen molar-refractivity contribution in [3.8, 4) is 11.5 Å². The molecule has 1 aliphatic rings. The van der Waals surface area contributed by atoms with Crippen molar-refractivity contribution in [1.29, 1.82) is 0 Å². The van der Waals surface area contributed by atoms with Crippen LogP contribution in [-0.4, -0.2) is 58.3 Å². The predicted octanol–water partition coefficient (Wildman–Crippen LogP) is 3.46. The molecule has 1 atom stereocenters. The van der Waals surface area contributed by atoms with Gasteiger partial charge in [-0.15, -0.1) is 0 Å². The minimum absolute atomic E-state index is 0.00206. The van der Waals surface area contributed by atoms with Crippen LogP contribution in [-0.2, 0) is 24.1 Å². The Hall–Kier alpha value is -2.66. The molecule has 1 heterocycles. The number of hydrogen-bond donors (Lipinski definition) is 2. The maximum Gasteiger partial charge on any atom is 0.265 e. The first-order valence-electron chi connectivity index (χ1n) is 11.5. The number of rotatable bonds is 12. The van der Waals surface area contributed by atoms with E-state index < -0.39 is 20.5 Å². The van der Waals surface area contributed by atoms with Crippen molar-refractivity contribution >= 4 is 15.7 Å². The van der Waals surface area contributed by atoms with E-state index in [1.54, 1.807) is 26.4 Å². The summed E-state index contributed by atoms with van der Waals surface area (Å²) in [7, 11) is -0.731. The van der Waals surface area contributed by atoms with Crippen LogP contribution in [0.5, 0.6) is 11.5 Å². The lowest BCUT2D eigenvalue weighted by molar-refractivity contribution is -0.134. The molecule has 2 N–H and O–H groups in total. The molecule has 0 spiro atoms. The Balaban J connectivity index is 1.53. The van der Waals surface area contributed by atoms with Crippen LogP contribution in [0.4, 0.5) is 0 Å². The van der Waals surface area contributed by atoms with Crippen molar-refractivity contribution in [2.75, 3.05) is 34.0 Å². The summed E-state index contributed by atoms with van der Waals surface area (Å²) in [4.78, 5) is 12.3. The average Bonchev–Trinajstić information content (AvgIpc) is 2.91. The van der Waals surface area contributed by atoms with E-state index in [1.165, 1.54) is 17.6 Å². The van der Waals surface area contributed by atoms with Gasteiger partial charge in [0.1, 0.15) is 11.5 Å². The molecule has 1 aliphatic heterocycles. The van der Waals surface area contributed by atoms with Crippen LogP contribution in [0, 0.1) is 0 Å². The molecule has 2 aromatic rings. The molecule has 35 heavy (non-hydrogen) atoms. The highest BCUT2D eigenvalue weighted by Gasteiger charge is 2.52. The van der Waals surface area contributed by atoms with E-state index >= 15 is 0 Å². The van der Waals surface area contributed by atoms with Crippen LogP contribution < -0.4 is 15.0 Å². The van der Waals surface area contributed by atoms with Gasteiger partial charge in [0.15, 0.2) is 14.6 Å². The molecular weight excluding hydrogens is 474 g/mol. The second-order valence-electron chi connectivity index (χ2n) is 8.36. The lowest BCUT2D eigenvalue weighted by atomic mass is 9.98. The lowest BCUT2D eigenvalue weighted by Gasteiger charge is -2.34. The summed E-state index contributed by atoms with van der Waals surface area (Å²) in [6.07, 6.45) is 2.45. The summed E-state index contributed by atoms with van der Waals surface area (Å²) < 4.78 is 46.6. The third kappa shape index (κ3) is 6.13.